The van der Waals surface area contributed by atoms with Crippen molar-refractivity contribution >= 4 is 23.2 Å². The van der Waals surface area contributed by atoms with Crippen LogP contribution in [0.5, 0.6) is 0 Å². The molecule has 1 atom stereocenters. The summed E-state index contributed by atoms with van der Waals surface area (Å²) in [5.74, 6) is 0. The van der Waals surface area contributed by atoms with E-state index in [1.165, 1.54) is 0 Å². The van der Waals surface area contributed by atoms with Gasteiger partial charge in [0.1, 0.15) is 0 Å². The van der Waals surface area contributed by atoms with Crippen LogP contribution in [0.2, 0.25) is 10.0 Å². The van der Waals surface area contributed by atoms with E-state index in [0.717, 1.165) is 18.4 Å². The number of hydrogen-bond donors (Lipinski definition) is 1. The van der Waals surface area contributed by atoms with Gasteiger partial charge in [0.25, 0.3) is 0 Å². The van der Waals surface area contributed by atoms with Crippen molar-refractivity contribution in [2.45, 2.75) is 39.7 Å². The molecule has 0 aliphatic heterocycles. The molecule has 1 rings (SSSR count). The number of aliphatic hydroxyl groups excluding tert-OH is 1. The molecule has 0 bridgehead atoms. The first-order valence-corrected chi connectivity index (χ1v) is 6.17. The minimum Gasteiger partial charge on any atom is -0.388 e. The van der Waals surface area contributed by atoms with Gasteiger partial charge in [0.15, 0.2) is 0 Å². The van der Waals surface area contributed by atoms with Gasteiger partial charge in [-0.2, -0.15) is 0 Å². The molecule has 1 aromatic rings. The van der Waals surface area contributed by atoms with Crippen LogP contribution in [0.3, 0.4) is 0 Å². The maximum absolute atomic E-state index is 10.0. The second-order valence-corrected chi connectivity index (χ2v) is 6.19. The molecule has 0 saturated heterocycles. The normalized spacial score (nSPS) is 13.9. The summed E-state index contributed by atoms with van der Waals surface area (Å²) in [5, 5.41) is 11.1. The second-order valence-electron chi connectivity index (χ2n) is 5.32. The van der Waals surface area contributed by atoms with Crippen LogP contribution in [0.15, 0.2) is 18.2 Å². The molecule has 16 heavy (non-hydrogen) atoms. The lowest BCUT2D eigenvalue weighted by atomic mass is 9.88. The average molecular weight is 261 g/mol. The van der Waals surface area contributed by atoms with Crippen LogP contribution in [-0.4, -0.2) is 5.11 Å². The van der Waals surface area contributed by atoms with E-state index in [2.05, 4.69) is 20.8 Å². The van der Waals surface area contributed by atoms with Crippen molar-refractivity contribution in [2.75, 3.05) is 0 Å². The van der Waals surface area contributed by atoms with Gasteiger partial charge in [-0.15, -0.1) is 0 Å². The first-order valence-electron chi connectivity index (χ1n) is 5.42. The Morgan fingerprint density at radius 1 is 1.12 bits per heavy atom. The van der Waals surface area contributed by atoms with Gasteiger partial charge < -0.3 is 5.11 Å². The predicted molar refractivity (Wildman–Crippen MR) is 70.1 cm³/mol. The third kappa shape index (κ3) is 4.73. The van der Waals surface area contributed by atoms with Crippen molar-refractivity contribution in [1.82, 2.24) is 0 Å². The van der Waals surface area contributed by atoms with E-state index in [1.54, 1.807) is 18.2 Å². The topological polar surface area (TPSA) is 20.2 Å². The fourth-order valence-electron chi connectivity index (χ4n) is 1.50. The maximum Gasteiger partial charge on any atom is 0.0791 e. The van der Waals surface area contributed by atoms with Crippen molar-refractivity contribution in [3.05, 3.63) is 33.8 Å². The molecule has 0 saturated carbocycles. The van der Waals surface area contributed by atoms with Crippen molar-refractivity contribution in [2.24, 2.45) is 5.41 Å². The Bertz CT molecular complexity index is 335. The van der Waals surface area contributed by atoms with Crippen LogP contribution in [0.25, 0.3) is 0 Å². The third-order valence-electron chi connectivity index (χ3n) is 2.44. The van der Waals surface area contributed by atoms with Crippen molar-refractivity contribution in [3.63, 3.8) is 0 Å². The van der Waals surface area contributed by atoms with Gasteiger partial charge in [-0.05, 0) is 42.0 Å². The monoisotopic (exact) mass is 260 g/mol. The Hall–Kier alpha value is -0.240. The third-order valence-corrected chi connectivity index (χ3v) is 2.87. The Balaban J connectivity index is 2.69. The van der Waals surface area contributed by atoms with Crippen molar-refractivity contribution in [3.8, 4) is 0 Å². The minimum absolute atomic E-state index is 0.226. The largest absolute Gasteiger partial charge is 0.388 e. The van der Waals surface area contributed by atoms with Gasteiger partial charge in [0.2, 0.25) is 0 Å². The summed E-state index contributed by atoms with van der Waals surface area (Å²) in [6, 6.07) is 5.20. The van der Waals surface area contributed by atoms with E-state index >= 15 is 0 Å². The average Bonchev–Trinajstić information content (AvgIpc) is 2.11. The smallest absolute Gasteiger partial charge is 0.0791 e. The molecule has 0 aliphatic carbocycles. The lowest BCUT2D eigenvalue weighted by Gasteiger charge is -2.20. The van der Waals surface area contributed by atoms with Gasteiger partial charge in [0.05, 0.1) is 6.10 Å². The highest BCUT2D eigenvalue weighted by atomic mass is 35.5. The molecular weight excluding hydrogens is 243 g/mol. The van der Waals surface area contributed by atoms with Crippen LogP contribution >= 0.6 is 23.2 Å². The van der Waals surface area contributed by atoms with Gasteiger partial charge in [-0.1, -0.05) is 44.0 Å². The summed E-state index contributed by atoms with van der Waals surface area (Å²) in [7, 11) is 0. The van der Waals surface area contributed by atoms with E-state index in [9.17, 15) is 5.11 Å². The molecule has 1 nitrogen and oxygen atoms in total. The molecule has 1 unspecified atom stereocenters. The summed E-state index contributed by atoms with van der Waals surface area (Å²) >= 11 is 11.8. The van der Waals surface area contributed by atoms with Gasteiger partial charge in [0, 0.05) is 10.0 Å². The van der Waals surface area contributed by atoms with E-state index in [-0.39, 0.29) is 5.41 Å². The predicted octanol–water partition coefficient (Wildman–Crippen LogP) is 4.85. The number of hydrogen-bond acceptors (Lipinski definition) is 1. The zero-order valence-electron chi connectivity index (χ0n) is 9.93. The summed E-state index contributed by atoms with van der Waals surface area (Å²) in [6.07, 6.45) is 1.19. The molecule has 1 aromatic carbocycles. The number of rotatable bonds is 3. The minimum atomic E-state index is -0.490. The molecule has 3 heteroatoms. The Kier molecular flexibility index (Phi) is 4.66. The molecule has 0 aliphatic rings. The summed E-state index contributed by atoms with van der Waals surface area (Å²) in [5.41, 5.74) is 1.02. The summed E-state index contributed by atoms with van der Waals surface area (Å²) in [4.78, 5) is 0. The SMILES string of the molecule is CC(C)(C)CCC(O)c1cc(Cl)cc(Cl)c1. The second kappa shape index (κ2) is 5.39. The first-order chi connectivity index (χ1) is 7.28. The lowest BCUT2D eigenvalue weighted by Crippen LogP contribution is -2.08. The van der Waals surface area contributed by atoms with Gasteiger partial charge in [-0.25, -0.2) is 0 Å². The van der Waals surface area contributed by atoms with E-state index in [1.807, 2.05) is 0 Å². The van der Waals surface area contributed by atoms with E-state index in [0.29, 0.717) is 10.0 Å². The molecule has 90 valence electrons. The van der Waals surface area contributed by atoms with Crippen LogP contribution in [0.4, 0.5) is 0 Å². The Labute approximate surface area is 107 Å². The van der Waals surface area contributed by atoms with Crippen LogP contribution in [0, 0.1) is 5.41 Å². The molecule has 0 fully saturated rings. The Morgan fingerprint density at radius 3 is 2.06 bits per heavy atom. The zero-order valence-corrected chi connectivity index (χ0v) is 11.4. The molecule has 1 N–H and O–H groups in total. The maximum atomic E-state index is 10.0. The van der Waals surface area contributed by atoms with Gasteiger partial charge >= 0.3 is 0 Å². The molecule has 0 spiro atoms. The molecule has 0 aromatic heterocycles. The number of aliphatic hydroxyl groups is 1. The van der Waals surface area contributed by atoms with E-state index < -0.39 is 6.10 Å². The molecule has 0 heterocycles. The molecular formula is C13H18Cl2O. The fourth-order valence-corrected chi connectivity index (χ4v) is 2.05. The molecule has 0 radical (unpaired) electrons. The number of halogens is 2. The first kappa shape index (κ1) is 13.8. The lowest BCUT2D eigenvalue weighted by molar-refractivity contribution is 0.147. The standard InChI is InChI=1S/C13H18Cl2O/c1-13(2,3)5-4-12(16)9-6-10(14)8-11(15)7-9/h6-8,12,16H,4-5H2,1-3H3. The zero-order chi connectivity index (χ0) is 12.3. The fraction of sp³-hybridized carbons (Fsp3) is 0.538. The highest BCUT2D eigenvalue weighted by molar-refractivity contribution is 6.34. The van der Waals surface area contributed by atoms with Gasteiger partial charge in [-0.3, -0.25) is 0 Å². The van der Waals surface area contributed by atoms with Crippen LogP contribution in [0.1, 0.15) is 45.3 Å². The van der Waals surface area contributed by atoms with Crippen molar-refractivity contribution in [1.29, 1.82) is 0 Å². The van der Waals surface area contributed by atoms with E-state index in [4.69, 9.17) is 23.2 Å². The highest BCUT2D eigenvalue weighted by Crippen LogP contribution is 2.30. The number of benzene rings is 1. The summed E-state index contributed by atoms with van der Waals surface area (Å²) in [6.45, 7) is 6.47. The Morgan fingerprint density at radius 2 is 1.62 bits per heavy atom. The molecule has 0 amide bonds. The summed E-state index contributed by atoms with van der Waals surface area (Å²) < 4.78 is 0. The highest BCUT2D eigenvalue weighted by Gasteiger charge is 2.15. The van der Waals surface area contributed by atoms with Crippen LogP contribution in [-0.2, 0) is 0 Å². The van der Waals surface area contributed by atoms with Crippen LogP contribution < -0.4 is 0 Å². The quantitative estimate of drug-likeness (QED) is 0.824. The van der Waals surface area contributed by atoms with Crippen molar-refractivity contribution < 1.29 is 5.11 Å².